The topological polar surface area (TPSA) is 42.9 Å². The molecular formula is C17H14N2O. The monoisotopic (exact) mass is 262 g/mol. The van der Waals surface area contributed by atoms with Crippen LogP contribution in [0.3, 0.4) is 0 Å². The van der Waals surface area contributed by atoms with E-state index in [4.69, 9.17) is 0 Å². The molecule has 3 nitrogen and oxygen atoms in total. The van der Waals surface area contributed by atoms with Crippen LogP contribution < -0.4 is 0 Å². The standard InChI is InChI=1S/C17H14N2O/c1-11-6-5-7-13(10-11)17(20)16-14-8-3-4-9-15(14)18-12(2)19-16/h3-10H,1-2H3. The summed E-state index contributed by atoms with van der Waals surface area (Å²) in [6.07, 6.45) is 0. The zero-order valence-corrected chi connectivity index (χ0v) is 11.4. The SMILES string of the molecule is Cc1cccc(C(=O)c2nc(C)nc3ccccc23)c1. The molecule has 0 aliphatic rings. The van der Waals surface area contributed by atoms with Gasteiger partial charge < -0.3 is 0 Å². The Morgan fingerprint density at radius 3 is 2.55 bits per heavy atom. The van der Waals surface area contributed by atoms with Crippen LogP contribution in [0.25, 0.3) is 10.9 Å². The molecule has 0 unspecified atom stereocenters. The second-order valence-corrected chi connectivity index (χ2v) is 4.84. The molecule has 0 aliphatic carbocycles. The normalized spacial score (nSPS) is 10.7. The summed E-state index contributed by atoms with van der Waals surface area (Å²) in [7, 11) is 0. The molecule has 1 heterocycles. The highest BCUT2D eigenvalue weighted by Crippen LogP contribution is 2.19. The molecule has 0 saturated heterocycles. The molecule has 0 spiro atoms. The minimum atomic E-state index is -0.0598. The second kappa shape index (κ2) is 4.85. The Kier molecular flexibility index (Phi) is 3.03. The van der Waals surface area contributed by atoms with E-state index < -0.39 is 0 Å². The third-order valence-corrected chi connectivity index (χ3v) is 3.21. The highest BCUT2D eigenvalue weighted by molar-refractivity contribution is 6.14. The Hall–Kier alpha value is -2.55. The summed E-state index contributed by atoms with van der Waals surface area (Å²) in [6, 6.07) is 15.2. The van der Waals surface area contributed by atoms with Crippen molar-refractivity contribution in [1.82, 2.24) is 9.97 Å². The molecule has 0 saturated carbocycles. The summed E-state index contributed by atoms with van der Waals surface area (Å²) in [5.74, 6) is 0.551. The van der Waals surface area contributed by atoms with Crippen molar-refractivity contribution < 1.29 is 4.79 Å². The van der Waals surface area contributed by atoms with Gasteiger partial charge in [0.05, 0.1) is 5.52 Å². The first-order valence-electron chi connectivity index (χ1n) is 6.50. The first-order valence-corrected chi connectivity index (χ1v) is 6.50. The van der Waals surface area contributed by atoms with E-state index in [0.717, 1.165) is 16.5 Å². The van der Waals surface area contributed by atoms with Crippen molar-refractivity contribution in [2.24, 2.45) is 0 Å². The van der Waals surface area contributed by atoms with Crippen molar-refractivity contribution in [3.8, 4) is 0 Å². The van der Waals surface area contributed by atoms with Crippen molar-refractivity contribution in [3.63, 3.8) is 0 Å². The molecule has 3 heteroatoms. The fourth-order valence-corrected chi connectivity index (χ4v) is 2.29. The van der Waals surface area contributed by atoms with Gasteiger partial charge in [0.25, 0.3) is 0 Å². The van der Waals surface area contributed by atoms with E-state index in [1.54, 1.807) is 6.92 Å². The molecule has 0 bridgehead atoms. The van der Waals surface area contributed by atoms with Crippen LogP contribution in [0, 0.1) is 13.8 Å². The summed E-state index contributed by atoms with van der Waals surface area (Å²) in [4.78, 5) is 21.4. The van der Waals surface area contributed by atoms with Crippen LogP contribution in [-0.4, -0.2) is 15.8 Å². The number of carbonyl (C=O) groups excluding carboxylic acids is 1. The van der Waals surface area contributed by atoms with E-state index >= 15 is 0 Å². The third kappa shape index (κ3) is 2.18. The molecule has 0 amide bonds. The van der Waals surface area contributed by atoms with E-state index in [2.05, 4.69) is 9.97 Å². The van der Waals surface area contributed by atoms with Crippen molar-refractivity contribution >= 4 is 16.7 Å². The van der Waals surface area contributed by atoms with Gasteiger partial charge in [-0.05, 0) is 26.0 Å². The van der Waals surface area contributed by atoms with Crippen LogP contribution in [-0.2, 0) is 0 Å². The van der Waals surface area contributed by atoms with Crippen LogP contribution >= 0.6 is 0 Å². The number of nitrogens with zero attached hydrogens (tertiary/aromatic N) is 2. The van der Waals surface area contributed by atoms with Gasteiger partial charge in [-0.25, -0.2) is 9.97 Å². The molecule has 1 aromatic heterocycles. The molecular weight excluding hydrogens is 248 g/mol. The summed E-state index contributed by atoms with van der Waals surface area (Å²) in [6.45, 7) is 3.78. The van der Waals surface area contributed by atoms with Gasteiger partial charge in [-0.15, -0.1) is 0 Å². The van der Waals surface area contributed by atoms with Crippen molar-refractivity contribution in [2.75, 3.05) is 0 Å². The molecule has 0 fully saturated rings. The third-order valence-electron chi connectivity index (χ3n) is 3.21. The van der Waals surface area contributed by atoms with E-state index in [-0.39, 0.29) is 5.78 Å². The minimum Gasteiger partial charge on any atom is -0.287 e. The zero-order chi connectivity index (χ0) is 14.1. The van der Waals surface area contributed by atoms with Crippen molar-refractivity contribution in [3.05, 3.63) is 71.2 Å². The van der Waals surface area contributed by atoms with Gasteiger partial charge in [-0.3, -0.25) is 4.79 Å². The Morgan fingerprint density at radius 2 is 1.75 bits per heavy atom. The maximum Gasteiger partial charge on any atom is 0.212 e. The van der Waals surface area contributed by atoms with Gasteiger partial charge >= 0.3 is 0 Å². The number of hydrogen-bond acceptors (Lipinski definition) is 3. The van der Waals surface area contributed by atoms with Gasteiger partial charge in [-0.1, -0.05) is 42.0 Å². The molecule has 0 radical (unpaired) electrons. The van der Waals surface area contributed by atoms with Gasteiger partial charge in [-0.2, -0.15) is 0 Å². The maximum absolute atomic E-state index is 12.7. The predicted molar refractivity (Wildman–Crippen MR) is 78.9 cm³/mol. The number of aryl methyl sites for hydroxylation is 2. The minimum absolute atomic E-state index is 0.0598. The molecule has 0 N–H and O–H groups in total. The lowest BCUT2D eigenvalue weighted by Gasteiger charge is -2.06. The van der Waals surface area contributed by atoms with Crippen LogP contribution in [0.15, 0.2) is 48.5 Å². The molecule has 2 aromatic carbocycles. The van der Waals surface area contributed by atoms with Crippen LogP contribution in [0.1, 0.15) is 27.4 Å². The number of fused-ring (bicyclic) bond motifs is 1. The first-order chi connectivity index (χ1) is 9.65. The Morgan fingerprint density at radius 1 is 0.950 bits per heavy atom. The fraction of sp³-hybridized carbons (Fsp3) is 0.118. The van der Waals surface area contributed by atoms with E-state index in [1.807, 2.05) is 55.5 Å². The average Bonchev–Trinajstić information content (AvgIpc) is 2.45. The van der Waals surface area contributed by atoms with Crippen LogP contribution in [0.2, 0.25) is 0 Å². The summed E-state index contributed by atoms with van der Waals surface area (Å²) in [5.41, 5.74) is 2.99. The molecule has 98 valence electrons. The summed E-state index contributed by atoms with van der Waals surface area (Å²) < 4.78 is 0. The molecule has 20 heavy (non-hydrogen) atoms. The lowest BCUT2D eigenvalue weighted by molar-refractivity contribution is 0.103. The number of carbonyl (C=O) groups is 1. The quantitative estimate of drug-likeness (QED) is 0.664. The Bertz CT molecular complexity index is 809. The number of ketones is 1. The van der Waals surface area contributed by atoms with Gasteiger partial charge in [0.15, 0.2) is 0 Å². The van der Waals surface area contributed by atoms with Gasteiger partial charge in [0.1, 0.15) is 11.5 Å². The maximum atomic E-state index is 12.7. The Labute approximate surface area is 117 Å². The number of aromatic nitrogens is 2. The summed E-state index contributed by atoms with van der Waals surface area (Å²) >= 11 is 0. The zero-order valence-electron chi connectivity index (χ0n) is 11.4. The number of benzene rings is 2. The number of rotatable bonds is 2. The van der Waals surface area contributed by atoms with E-state index in [9.17, 15) is 4.79 Å². The fourth-order valence-electron chi connectivity index (χ4n) is 2.29. The van der Waals surface area contributed by atoms with Crippen LogP contribution in [0.5, 0.6) is 0 Å². The molecule has 0 atom stereocenters. The molecule has 0 aliphatic heterocycles. The lowest BCUT2D eigenvalue weighted by atomic mass is 10.0. The van der Waals surface area contributed by atoms with E-state index in [0.29, 0.717) is 17.1 Å². The second-order valence-electron chi connectivity index (χ2n) is 4.84. The Balaban J connectivity index is 2.21. The smallest absolute Gasteiger partial charge is 0.212 e. The first kappa shape index (κ1) is 12.5. The largest absolute Gasteiger partial charge is 0.287 e. The van der Waals surface area contributed by atoms with Gasteiger partial charge in [0, 0.05) is 10.9 Å². The van der Waals surface area contributed by atoms with Gasteiger partial charge in [0.2, 0.25) is 5.78 Å². The average molecular weight is 262 g/mol. The predicted octanol–water partition coefficient (Wildman–Crippen LogP) is 3.48. The van der Waals surface area contributed by atoms with E-state index in [1.165, 1.54) is 0 Å². The summed E-state index contributed by atoms with van der Waals surface area (Å²) in [5, 5.41) is 0.796. The highest BCUT2D eigenvalue weighted by atomic mass is 16.1. The van der Waals surface area contributed by atoms with Crippen LogP contribution in [0.4, 0.5) is 0 Å². The number of para-hydroxylation sites is 1. The lowest BCUT2D eigenvalue weighted by Crippen LogP contribution is -2.07. The molecule has 3 rings (SSSR count). The molecule has 3 aromatic rings. The number of hydrogen-bond donors (Lipinski definition) is 0. The highest BCUT2D eigenvalue weighted by Gasteiger charge is 2.15. The van der Waals surface area contributed by atoms with Crippen molar-refractivity contribution in [1.29, 1.82) is 0 Å². The van der Waals surface area contributed by atoms with Crippen molar-refractivity contribution in [2.45, 2.75) is 13.8 Å².